The Morgan fingerprint density at radius 3 is 2.19 bits per heavy atom. The number of aryl methyl sites for hydroxylation is 1. The highest BCUT2D eigenvalue weighted by Gasteiger charge is 2.32. The largest absolute Gasteiger partial charge is 0.352 e. The number of nitrogens with zero attached hydrogens (tertiary/aromatic N) is 2. The SMILES string of the molecule is CC[C@@H](C(=O)NC1CCCCC1)N(Cc1ccc(C)cc1)C(=O)CN(c1ccc(Cl)cc1)S(C)(=O)=O. The Morgan fingerprint density at radius 1 is 1.03 bits per heavy atom. The number of rotatable bonds is 10. The van der Waals surface area contributed by atoms with E-state index in [2.05, 4.69) is 5.32 Å². The van der Waals surface area contributed by atoms with E-state index in [9.17, 15) is 18.0 Å². The van der Waals surface area contributed by atoms with Crippen LogP contribution in [0.15, 0.2) is 48.5 Å². The molecule has 2 aromatic carbocycles. The van der Waals surface area contributed by atoms with Crippen LogP contribution in [-0.2, 0) is 26.2 Å². The molecule has 2 amide bonds. The van der Waals surface area contributed by atoms with Gasteiger partial charge in [-0.1, -0.05) is 67.6 Å². The zero-order valence-electron chi connectivity index (χ0n) is 21.2. The van der Waals surface area contributed by atoms with Crippen LogP contribution in [0.4, 0.5) is 5.69 Å². The van der Waals surface area contributed by atoms with Crippen molar-refractivity contribution in [2.45, 2.75) is 71.0 Å². The lowest BCUT2D eigenvalue weighted by molar-refractivity contribution is -0.140. The number of hydrogen-bond donors (Lipinski definition) is 1. The first-order valence-electron chi connectivity index (χ1n) is 12.5. The van der Waals surface area contributed by atoms with E-state index in [-0.39, 0.29) is 18.5 Å². The molecule has 1 aliphatic rings. The van der Waals surface area contributed by atoms with E-state index in [0.29, 0.717) is 17.1 Å². The van der Waals surface area contributed by atoms with Crippen LogP contribution >= 0.6 is 11.6 Å². The Bertz CT molecular complexity index is 1130. The Labute approximate surface area is 219 Å². The number of anilines is 1. The third-order valence-corrected chi connectivity index (χ3v) is 8.00. The van der Waals surface area contributed by atoms with Gasteiger partial charge in [0.25, 0.3) is 0 Å². The number of carbonyl (C=O) groups excluding carboxylic acids is 2. The summed E-state index contributed by atoms with van der Waals surface area (Å²) in [4.78, 5) is 28.6. The number of sulfonamides is 1. The second-order valence-corrected chi connectivity index (χ2v) is 11.9. The standard InChI is InChI=1S/C27H36ClN3O4S/c1-4-25(27(33)29-23-8-6-5-7-9-23)30(18-21-12-10-20(2)11-13-21)26(32)19-31(36(3,34)35)24-16-14-22(28)15-17-24/h10-17,23,25H,4-9,18-19H2,1-3H3,(H,29,33)/t25-/m0/s1. The van der Waals surface area contributed by atoms with Crippen molar-refractivity contribution in [3.8, 4) is 0 Å². The van der Waals surface area contributed by atoms with E-state index >= 15 is 0 Å². The van der Waals surface area contributed by atoms with Gasteiger partial charge in [-0.3, -0.25) is 13.9 Å². The Hall–Kier alpha value is -2.58. The predicted octanol–water partition coefficient (Wildman–Crippen LogP) is 4.67. The molecule has 1 N–H and O–H groups in total. The molecule has 0 bridgehead atoms. The average Bonchev–Trinajstić information content (AvgIpc) is 2.84. The van der Waals surface area contributed by atoms with Gasteiger partial charge in [-0.05, 0) is 56.0 Å². The molecule has 1 fully saturated rings. The van der Waals surface area contributed by atoms with Gasteiger partial charge in [0, 0.05) is 17.6 Å². The summed E-state index contributed by atoms with van der Waals surface area (Å²) in [6.07, 6.45) is 6.69. The van der Waals surface area contributed by atoms with Gasteiger partial charge < -0.3 is 10.2 Å². The smallest absolute Gasteiger partial charge is 0.244 e. The molecule has 0 radical (unpaired) electrons. The van der Waals surface area contributed by atoms with Crippen molar-refractivity contribution in [2.75, 3.05) is 17.1 Å². The summed E-state index contributed by atoms with van der Waals surface area (Å²) in [6, 6.07) is 13.4. The Morgan fingerprint density at radius 2 is 1.64 bits per heavy atom. The van der Waals surface area contributed by atoms with Crippen LogP contribution in [-0.4, -0.2) is 50.0 Å². The molecule has 0 aromatic heterocycles. The summed E-state index contributed by atoms with van der Waals surface area (Å²) < 4.78 is 26.4. The minimum Gasteiger partial charge on any atom is -0.352 e. The maximum atomic E-state index is 13.7. The molecule has 0 saturated heterocycles. The normalized spacial score (nSPS) is 15.2. The van der Waals surface area contributed by atoms with E-state index in [0.717, 1.165) is 47.4 Å². The van der Waals surface area contributed by atoms with Crippen molar-refractivity contribution in [3.63, 3.8) is 0 Å². The number of amides is 2. The van der Waals surface area contributed by atoms with Crippen molar-refractivity contribution in [2.24, 2.45) is 0 Å². The van der Waals surface area contributed by atoms with E-state index in [4.69, 9.17) is 11.6 Å². The lowest BCUT2D eigenvalue weighted by atomic mass is 9.95. The van der Waals surface area contributed by atoms with E-state index in [1.54, 1.807) is 24.3 Å². The summed E-state index contributed by atoms with van der Waals surface area (Å²) >= 11 is 5.98. The van der Waals surface area contributed by atoms with E-state index < -0.39 is 28.5 Å². The molecule has 0 spiro atoms. The molecule has 0 aliphatic heterocycles. The molecule has 3 rings (SSSR count). The van der Waals surface area contributed by atoms with Gasteiger partial charge in [-0.15, -0.1) is 0 Å². The summed E-state index contributed by atoms with van der Waals surface area (Å²) in [7, 11) is -3.77. The molecule has 1 atom stereocenters. The molecular formula is C27H36ClN3O4S. The lowest BCUT2D eigenvalue weighted by Gasteiger charge is -2.34. The number of benzene rings is 2. The molecule has 196 valence electrons. The molecule has 9 heteroatoms. The van der Waals surface area contributed by atoms with Gasteiger partial charge in [-0.2, -0.15) is 0 Å². The van der Waals surface area contributed by atoms with Crippen LogP contribution in [0.5, 0.6) is 0 Å². The van der Waals surface area contributed by atoms with E-state index in [1.807, 2.05) is 38.1 Å². The monoisotopic (exact) mass is 533 g/mol. The van der Waals surface area contributed by atoms with Crippen LogP contribution in [0.25, 0.3) is 0 Å². The molecular weight excluding hydrogens is 498 g/mol. The highest BCUT2D eigenvalue weighted by Crippen LogP contribution is 2.23. The Kier molecular flexibility index (Phi) is 9.79. The van der Waals surface area contributed by atoms with Gasteiger partial charge in [0.1, 0.15) is 12.6 Å². The van der Waals surface area contributed by atoms with Gasteiger partial charge in [0.15, 0.2) is 0 Å². The summed E-state index contributed by atoms with van der Waals surface area (Å²) in [5.74, 6) is -0.635. The first-order valence-corrected chi connectivity index (χ1v) is 14.7. The summed E-state index contributed by atoms with van der Waals surface area (Å²) in [5.41, 5.74) is 2.30. The maximum absolute atomic E-state index is 13.7. The van der Waals surface area contributed by atoms with Crippen LogP contribution in [0, 0.1) is 6.92 Å². The van der Waals surface area contributed by atoms with Crippen molar-refractivity contribution in [1.82, 2.24) is 10.2 Å². The minimum absolute atomic E-state index is 0.109. The molecule has 36 heavy (non-hydrogen) atoms. The Balaban J connectivity index is 1.89. The molecule has 1 saturated carbocycles. The number of halogens is 1. The van der Waals surface area contributed by atoms with Crippen LogP contribution < -0.4 is 9.62 Å². The first-order chi connectivity index (χ1) is 17.1. The summed E-state index contributed by atoms with van der Waals surface area (Å²) in [5, 5.41) is 3.61. The van der Waals surface area contributed by atoms with Crippen LogP contribution in [0.3, 0.4) is 0 Å². The highest BCUT2D eigenvalue weighted by molar-refractivity contribution is 7.92. The summed E-state index contributed by atoms with van der Waals surface area (Å²) in [6.45, 7) is 3.64. The molecule has 2 aromatic rings. The number of nitrogens with one attached hydrogen (secondary N) is 1. The van der Waals surface area contributed by atoms with Crippen LogP contribution in [0.2, 0.25) is 5.02 Å². The fraction of sp³-hybridized carbons (Fsp3) is 0.481. The molecule has 0 unspecified atom stereocenters. The average molecular weight is 534 g/mol. The zero-order chi connectivity index (χ0) is 26.3. The first kappa shape index (κ1) is 28.0. The van der Waals surface area contributed by atoms with Crippen LogP contribution in [0.1, 0.15) is 56.6 Å². The third-order valence-electron chi connectivity index (χ3n) is 6.60. The van der Waals surface area contributed by atoms with Gasteiger partial charge in [0.2, 0.25) is 21.8 Å². The van der Waals surface area contributed by atoms with Crippen molar-refractivity contribution < 1.29 is 18.0 Å². The molecule has 0 heterocycles. The van der Waals surface area contributed by atoms with Crippen molar-refractivity contribution in [1.29, 1.82) is 0 Å². The highest BCUT2D eigenvalue weighted by atomic mass is 35.5. The fourth-order valence-electron chi connectivity index (χ4n) is 4.58. The van der Waals surface area contributed by atoms with Gasteiger partial charge in [-0.25, -0.2) is 8.42 Å². The van der Waals surface area contributed by atoms with Gasteiger partial charge in [0.05, 0.1) is 11.9 Å². The number of carbonyl (C=O) groups is 2. The quantitative estimate of drug-likeness (QED) is 0.481. The van der Waals surface area contributed by atoms with Gasteiger partial charge >= 0.3 is 0 Å². The topological polar surface area (TPSA) is 86.8 Å². The van der Waals surface area contributed by atoms with Crippen molar-refractivity contribution in [3.05, 3.63) is 64.7 Å². The maximum Gasteiger partial charge on any atom is 0.244 e. The lowest BCUT2D eigenvalue weighted by Crippen LogP contribution is -2.53. The van der Waals surface area contributed by atoms with Crippen molar-refractivity contribution >= 4 is 39.1 Å². The second kappa shape index (κ2) is 12.6. The predicted molar refractivity (Wildman–Crippen MR) is 144 cm³/mol. The molecule has 7 nitrogen and oxygen atoms in total. The zero-order valence-corrected chi connectivity index (χ0v) is 22.8. The number of hydrogen-bond acceptors (Lipinski definition) is 4. The van der Waals surface area contributed by atoms with E-state index in [1.165, 1.54) is 11.3 Å². The molecule has 1 aliphatic carbocycles. The second-order valence-electron chi connectivity index (χ2n) is 9.52. The minimum atomic E-state index is -3.77. The fourth-order valence-corrected chi connectivity index (χ4v) is 5.55. The third kappa shape index (κ3) is 7.71.